The molecule has 6 heterocycles. The normalized spacial score (nSPS) is 18.5. The predicted octanol–water partition coefficient (Wildman–Crippen LogP) is 21.3. The number of likely N-dealkylation sites (N-methyl/N-ethyl adjacent to an activating group) is 1. The molecule has 39 heteroatoms. The third-order valence-electron chi connectivity index (χ3n) is 26.0. The van der Waals surface area contributed by atoms with Crippen molar-refractivity contribution in [3.05, 3.63) is 106 Å². The number of hydrogen-bond donors (Lipinski definition) is 5. The number of nitrogens with one attached hydrogen (secondary N) is 3. The highest BCUT2D eigenvalue weighted by Crippen LogP contribution is 2.50. The van der Waals surface area contributed by atoms with Crippen molar-refractivity contribution in [1.29, 1.82) is 0 Å². The molecule has 0 aliphatic carbocycles. The number of phosphoric ester groups is 1. The van der Waals surface area contributed by atoms with Crippen LogP contribution in [0.15, 0.2) is 60.8 Å². The fourth-order valence-corrected chi connectivity index (χ4v) is 19.7. The molecule has 3 aromatic heterocycles. The van der Waals surface area contributed by atoms with Crippen molar-refractivity contribution >= 4 is 59.7 Å². The van der Waals surface area contributed by atoms with Gasteiger partial charge < -0.3 is 57.8 Å². The minimum absolute atomic E-state index is 0.000584. The SMILES string of the molecule is CCCCCCCCCCCCCCCCCCOc1cc(C(=O)N(C)CCOC(=O)CCC(=O)Nc2ccn([C@H]3CC(OC(=O)CCC(C)=O)[C@@H](COP(=O)(O)OC4C[C@H](n5cc(C)c(=O)[nH]c5=O)O[C@@H]4CO[P+](=O)OC4C[C@H](n5cc(C)c(=O)[nH]c5=O)O[C@@H]4CO[P+](=O)O)O3)c(=O)n2)cc(OCCCCCCCCCCCCCCCCCC)c1OCCCCCCCCCCCCCCCCCC. The van der Waals surface area contributed by atoms with Gasteiger partial charge in [-0.25, -0.2) is 18.9 Å². The van der Waals surface area contributed by atoms with Crippen molar-refractivity contribution in [2.24, 2.45) is 0 Å². The topological polar surface area (TPSA) is 457 Å². The molecule has 3 aliphatic heterocycles. The van der Waals surface area contributed by atoms with Crippen LogP contribution in [-0.2, 0) is 79.2 Å². The van der Waals surface area contributed by atoms with E-state index in [0.29, 0.717) is 42.6 Å². The predicted molar refractivity (Wildman–Crippen MR) is 538 cm³/mol. The molecule has 4 aromatic rings. The third-order valence-corrected chi connectivity index (χ3v) is 28.2. The number of hydrogen-bond acceptors (Lipinski definition) is 27. The van der Waals surface area contributed by atoms with Crippen LogP contribution in [0, 0.1) is 13.8 Å². The van der Waals surface area contributed by atoms with Gasteiger partial charge in [0.15, 0.2) is 11.5 Å². The number of nitrogens with zero attached hydrogens (tertiary/aromatic N) is 5. The van der Waals surface area contributed by atoms with E-state index in [-0.39, 0.29) is 73.9 Å². The first kappa shape index (κ1) is 120. The summed E-state index contributed by atoms with van der Waals surface area (Å²) in [5.41, 5.74) is -3.66. The van der Waals surface area contributed by atoms with Crippen LogP contribution >= 0.6 is 24.3 Å². The lowest BCUT2D eigenvalue weighted by Crippen LogP contribution is -2.33. The highest BCUT2D eigenvalue weighted by molar-refractivity contribution is 7.47. The summed E-state index contributed by atoms with van der Waals surface area (Å²) in [5.74, 6) is -1.82. The molecule has 3 aliphatic rings. The summed E-state index contributed by atoms with van der Waals surface area (Å²) < 4.78 is 119. The first-order valence-electron chi connectivity index (χ1n) is 53.0. The summed E-state index contributed by atoms with van der Waals surface area (Å²) in [4.78, 5) is 161. The number of carbonyl (C=O) groups is 5. The number of Topliss-reactive ketones (excluding diaryl/α,β-unsaturated/α-hetero) is 1. The van der Waals surface area contributed by atoms with Crippen molar-refractivity contribution in [2.45, 2.75) is 450 Å². The largest absolute Gasteiger partial charge is 0.697 e. The van der Waals surface area contributed by atoms with E-state index in [1.807, 2.05) is 0 Å². The summed E-state index contributed by atoms with van der Waals surface area (Å²) in [6.07, 6.45) is 49.3. The fourth-order valence-electron chi connectivity index (χ4n) is 17.7. The van der Waals surface area contributed by atoms with Gasteiger partial charge in [0.05, 0.1) is 45.8 Å². The number of unbranched alkanes of at least 4 members (excludes halogenated alkanes) is 45. The monoisotopic (exact) mass is 2050 g/mol. The molecule has 6 unspecified atom stereocenters. The highest BCUT2D eigenvalue weighted by Gasteiger charge is 2.49. The van der Waals surface area contributed by atoms with Gasteiger partial charge in [-0.2, -0.15) is 4.98 Å². The molecule has 5 N–H and O–H groups in total. The Balaban J connectivity index is 0.940. The smallest absolute Gasteiger partial charge is 0.490 e. The molecule has 36 nitrogen and oxygen atoms in total. The number of H-pyrrole nitrogens is 2. The number of ketones is 1. The number of aromatic nitrogens is 6. The van der Waals surface area contributed by atoms with E-state index < -0.39 is 158 Å². The number of phosphoric acid groups is 1. The van der Waals surface area contributed by atoms with Crippen molar-refractivity contribution in [3.8, 4) is 17.2 Å². The molecule has 3 fully saturated rings. The standard InChI is InChI=1S/C102H165N8O28P3/c1-8-11-14-17-20-23-26-29-32-35-38-41-44-47-50-53-63-126-84-67-80(68-85(127-64-54-51-48-45-42-39-36-33-30-27-24-21-18-15-12-9-2)96(84)129-65-55-52-49-46-43-40-37-34-31-28-25-22-19-16-13-10-3)99(117)107(7)62-66-128-94(113)59-57-90(112)103-89-60-61-108(100(118)104-89)91-69-81(136-95(114)58-56-79(6)111)88(135-91)76-132-141(124,125)138-83-71-93(110-73-78(5)98(116)106-102(110)120)134-87(83)75-131-140(123)137-82-70-92(133-86(82)74-130-139(121)122)109-72-77(4)97(115)105-101(109)119/h60-61,67-68,72-73,81-83,86-88,91-93H,8-59,62-66,69-71,74-76H2,1-7H3,(H3-2,103,104,105,106,112,115,116,118,119,120,121,122,124,125)/p+2/t81?,82?,83?,86-,87-,88-,91-,92-,93-/m1/s1. The van der Waals surface area contributed by atoms with E-state index in [4.69, 9.17) is 60.5 Å². The second kappa shape index (κ2) is 70.3. The van der Waals surface area contributed by atoms with Gasteiger partial charge in [0.1, 0.15) is 86.7 Å². The summed E-state index contributed by atoms with van der Waals surface area (Å²) in [6, 6.07) is 4.73. The number of carbonyl (C=O) groups excluding carboxylic acids is 5. The molecule has 3 saturated heterocycles. The summed E-state index contributed by atoms with van der Waals surface area (Å²) in [5, 5.41) is 2.50. The molecular formula is C102H167N8O28P3+2. The van der Waals surface area contributed by atoms with E-state index in [9.17, 15) is 71.4 Å². The van der Waals surface area contributed by atoms with Gasteiger partial charge >= 0.3 is 53.3 Å². The maximum atomic E-state index is 14.6. The van der Waals surface area contributed by atoms with E-state index in [1.54, 1.807) is 19.2 Å². The second-order valence-electron chi connectivity index (χ2n) is 38.1. The van der Waals surface area contributed by atoms with Crippen LogP contribution in [0.5, 0.6) is 17.2 Å². The zero-order chi connectivity index (χ0) is 102. The molecule has 141 heavy (non-hydrogen) atoms. The van der Waals surface area contributed by atoms with Crippen molar-refractivity contribution < 1.29 is 108 Å². The van der Waals surface area contributed by atoms with Crippen LogP contribution in [-0.4, -0.2) is 169 Å². The van der Waals surface area contributed by atoms with Gasteiger partial charge in [-0.3, -0.25) is 61.5 Å². The number of amides is 2. The number of esters is 2. The summed E-state index contributed by atoms with van der Waals surface area (Å²) >= 11 is 0. The third kappa shape index (κ3) is 48.5. The van der Waals surface area contributed by atoms with Crippen molar-refractivity contribution in [3.63, 3.8) is 0 Å². The minimum Gasteiger partial charge on any atom is -0.490 e. The van der Waals surface area contributed by atoms with Gasteiger partial charge in [0, 0.05) is 83.6 Å². The first-order valence-corrected chi connectivity index (χ1v) is 56.8. The Morgan fingerprint density at radius 1 is 0.496 bits per heavy atom. The lowest BCUT2D eigenvalue weighted by Gasteiger charge is -2.23. The van der Waals surface area contributed by atoms with Crippen LogP contribution < -0.4 is 47.7 Å². The van der Waals surface area contributed by atoms with Crippen LogP contribution in [0.25, 0.3) is 0 Å². The van der Waals surface area contributed by atoms with Crippen LogP contribution in [0.4, 0.5) is 5.82 Å². The maximum absolute atomic E-state index is 14.6. The van der Waals surface area contributed by atoms with E-state index in [2.05, 4.69) is 41.0 Å². The van der Waals surface area contributed by atoms with E-state index >= 15 is 0 Å². The Labute approximate surface area is 834 Å². The lowest BCUT2D eigenvalue weighted by molar-refractivity contribution is -0.153. The van der Waals surface area contributed by atoms with Crippen molar-refractivity contribution in [2.75, 3.05) is 65.2 Å². The average Bonchev–Trinajstić information content (AvgIpc) is 1.82. The quantitative estimate of drug-likeness (QED) is 0.0156. The Bertz CT molecular complexity index is 4640. The highest BCUT2D eigenvalue weighted by atomic mass is 31.2. The second-order valence-corrected chi connectivity index (χ2v) is 41.2. The van der Waals surface area contributed by atoms with Gasteiger partial charge in [-0.05, 0) is 58.2 Å². The zero-order valence-electron chi connectivity index (χ0n) is 85.3. The van der Waals surface area contributed by atoms with Gasteiger partial charge in [0.25, 0.3) is 17.0 Å². The average molecular weight is 2050 g/mol. The molecule has 12 atom stereocenters. The number of anilines is 1. The summed E-state index contributed by atoms with van der Waals surface area (Å²) in [6.45, 7) is 9.79. The zero-order valence-corrected chi connectivity index (χ0v) is 88.0. The van der Waals surface area contributed by atoms with E-state index in [0.717, 1.165) is 77.7 Å². The van der Waals surface area contributed by atoms with Crippen molar-refractivity contribution in [1.82, 2.24) is 33.6 Å². The Morgan fingerprint density at radius 3 is 1.30 bits per heavy atom. The molecule has 796 valence electrons. The van der Waals surface area contributed by atoms with Gasteiger partial charge in [-0.1, -0.05) is 310 Å². The number of aromatic amines is 2. The van der Waals surface area contributed by atoms with Crippen LogP contribution in [0.3, 0.4) is 0 Å². The van der Waals surface area contributed by atoms with E-state index in [1.165, 1.54) is 295 Å². The summed E-state index contributed by atoms with van der Waals surface area (Å²) in [7, 11) is -10.1. The fraction of sp³-hybridized carbons (Fsp3) is 0.775. The number of rotatable bonds is 82. The molecule has 0 radical (unpaired) electrons. The molecule has 0 spiro atoms. The number of aryl methyl sites for hydroxylation is 2. The Hall–Kier alpha value is -7.56. The molecule has 7 rings (SSSR count). The van der Waals surface area contributed by atoms with Crippen LogP contribution in [0.2, 0.25) is 0 Å². The Morgan fingerprint density at radius 2 is 0.879 bits per heavy atom. The number of benzene rings is 1. The van der Waals surface area contributed by atoms with Crippen LogP contribution in [0.1, 0.15) is 421 Å². The lowest BCUT2D eigenvalue weighted by atomic mass is 10.0. The minimum atomic E-state index is -5.35. The Kier molecular flexibility index (Phi) is 60.0. The van der Waals surface area contributed by atoms with Gasteiger partial charge in [-0.15, -0.1) is 18.5 Å². The molecule has 2 amide bonds. The first-order chi connectivity index (χ1) is 68.1. The molecule has 0 saturated carbocycles. The molecular weight excluding hydrogens is 1880 g/mol. The van der Waals surface area contributed by atoms with Gasteiger partial charge in [0.2, 0.25) is 11.7 Å². The number of ether oxygens (including phenoxy) is 8. The molecule has 1 aromatic carbocycles. The maximum Gasteiger partial charge on any atom is 0.697 e. The molecule has 0 bridgehead atoms.